The molecule has 1 N–H and O–H groups in total. The molecule has 10 heteroatoms. The van der Waals surface area contributed by atoms with Crippen molar-refractivity contribution in [3.8, 4) is 5.75 Å². The fourth-order valence-electron chi connectivity index (χ4n) is 3.33. The van der Waals surface area contributed by atoms with Crippen LogP contribution in [-0.4, -0.2) is 65.9 Å². The van der Waals surface area contributed by atoms with Crippen LogP contribution in [0.4, 0.5) is 15.8 Å². The number of anilines is 1. The Morgan fingerprint density at radius 1 is 1.16 bits per heavy atom. The van der Waals surface area contributed by atoms with Gasteiger partial charge in [-0.25, -0.2) is 4.39 Å². The number of ether oxygens (including phenoxy) is 1. The molecule has 0 aromatic heterocycles. The highest BCUT2D eigenvalue weighted by Crippen LogP contribution is 2.28. The molecule has 0 radical (unpaired) electrons. The van der Waals surface area contributed by atoms with Gasteiger partial charge in [0.2, 0.25) is 5.91 Å². The summed E-state index contributed by atoms with van der Waals surface area (Å²) in [6.45, 7) is 3.83. The van der Waals surface area contributed by atoms with Crippen LogP contribution < -0.4 is 10.1 Å². The van der Waals surface area contributed by atoms with Gasteiger partial charge in [0.25, 0.3) is 5.91 Å². The van der Waals surface area contributed by atoms with Crippen molar-refractivity contribution in [2.75, 3.05) is 44.6 Å². The Labute approximate surface area is 178 Å². The summed E-state index contributed by atoms with van der Waals surface area (Å²) in [6, 6.07) is 9.83. The maximum atomic E-state index is 13.2. The van der Waals surface area contributed by atoms with E-state index in [1.807, 2.05) is 4.90 Å². The second-order valence-corrected chi connectivity index (χ2v) is 7.00. The summed E-state index contributed by atoms with van der Waals surface area (Å²) in [7, 11) is 0. The number of nitrogens with zero attached hydrogens (tertiary/aromatic N) is 3. The number of hydrogen-bond donors (Lipinski definition) is 1. The lowest BCUT2D eigenvalue weighted by atomic mass is 10.1. The van der Waals surface area contributed by atoms with Gasteiger partial charge in [0.15, 0.2) is 5.75 Å². The number of piperazine rings is 1. The third-order valence-electron chi connectivity index (χ3n) is 4.84. The summed E-state index contributed by atoms with van der Waals surface area (Å²) in [5, 5.41) is 13.9. The quantitative estimate of drug-likeness (QED) is 0.535. The van der Waals surface area contributed by atoms with Gasteiger partial charge in [-0.15, -0.1) is 0 Å². The third-order valence-corrected chi connectivity index (χ3v) is 4.84. The van der Waals surface area contributed by atoms with E-state index in [9.17, 15) is 24.1 Å². The van der Waals surface area contributed by atoms with E-state index < -0.39 is 10.7 Å². The highest BCUT2D eigenvalue weighted by atomic mass is 19.1. The number of carbonyl (C=O) groups excluding carboxylic acids is 2. The minimum Gasteiger partial charge on any atom is -0.487 e. The van der Waals surface area contributed by atoms with Crippen LogP contribution >= 0.6 is 0 Å². The van der Waals surface area contributed by atoms with E-state index in [-0.39, 0.29) is 42.0 Å². The largest absolute Gasteiger partial charge is 0.487 e. The Morgan fingerprint density at radius 2 is 1.90 bits per heavy atom. The first-order valence-corrected chi connectivity index (χ1v) is 9.85. The molecule has 164 valence electrons. The minimum atomic E-state index is -0.572. The molecule has 0 spiro atoms. The van der Waals surface area contributed by atoms with Crippen LogP contribution in [0.3, 0.4) is 0 Å². The molecule has 9 nitrogen and oxygen atoms in total. The number of rotatable bonds is 7. The standard InChI is InChI=1S/C21H23FN4O5/c1-2-31-19-7-6-15(12-18(19)26(29)30)21(28)25-10-8-24(9-11-25)14-20(27)23-17-5-3-4-16(22)13-17/h3-7,12-13H,2,8-11,14H2,1H3,(H,23,27). The lowest BCUT2D eigenvalue weighted by Crippen LogP contribution is -2.50. The van der Waals surface area contributed by atoms with Gasteiger partial charge in [0.1, 0.15) is 5.82 Å². The maximum Gasteiger partial charge on any atom is 0.311 e. The maximum absolute atomic E-state index is 13.2. The Bertz CT molecular complexity index is 976. The molecule has 0 unspecified atom stereocenters. The number of hydrogen-bond acceptors (Lipinski definition) is 6. The highest BCUT2D eigenvalue weighted by molar-refractivity contribution is 5.95. The van der Waals surface area contributed by atoms with Crippen LogP contribution in [0.2, 0.25) is 0 Å². The normalized spacial score (nSPS) is 14.2. The first-order chi connectivity index (χ1) is 14.9. The minimum absolute atomic E-state index is 0.118. The number of benzene rings is 2. The van der Waals surface area contributed by atoms with Crippen LogP contribution in [-0.2, 0) is 4.79 Å². The van der Waals surface area contributed by atoms with E-state index in [0.29, 0.717) is 31.9 Å². The van der Waals surface area contributed by atoms with Crippen molar-refractivity contribution in [3.63, 3.8) is 0 Å². The molecular formula is C21H23FN4O5. The lowest BCUT2D eigenvalue weighted by Gasteiger charge is -2.34. The van der Waals surface area contributed by atoms with Crippen molar-refractivity contribution >= 4 is 23.2 Å². The molecule has 0 aliphatic carbocycles. The van der Waals surface area contributed by atoms with Crippen LogP contribution in [0.5, 0.6) is 5.75 Å². The van der Waals surface area contributed by atoms with Crippen molar-refractivity contribution in [1.82, 2.24) is 9.80 Å². The Balaban J connectivity index is 1.55. The number of halogens is 1. The second kappa shape index (κ2) is 9.98. The summed E-state index contributed by atoms with van der Waals surface area (Å²) in [4.78, 5) is 39.2. The molecule has 2 aromatic rings. The zero-order valence-corrected chi connectivity index (χ0v) is 17.0. The van der Waals surface area contributed by atoms with Gasteiger partial charge in [0.05, 0.1) is 18.1 Å². The van der Waals surface area contributed by atoms with Crippen LogP contribution in [0.15, 0.2) is 42.5 Å². The first-order valence-electron chi connectivity index (χ1n) is 9.85. The van der Waals surface area contributed by atoms with Gasteiger partial charge in [-0.1, -0.05) is 6.07 Å². The molecule has 1 aliphatic heterocycles. The molecule has 0 atom stereocenters. The van der Waals surface area contributed by atoms with Crippen molar-refractivity contribution in [3.05, 3.63) is 64.0 Å². The molecule has 3 rings (SSSR count). The van der Waals surface area contributed by atoms with E-state index >= 15 is 0 Å². The summed E-state index contributed by atoms with van der Waals surface area (Å²) >= 11 is 0. The number of carbonyl (C=O) groups is 2. The lowest BCUT2D eigenvalue weighted by molar-refractivity contribution is -0.385. The van der Waals surface area contributed by atoms with E-state index in [1.54, 1.807) is 17.9 Å². The first kappa shape index (κ1) is 22.2. The average molecular weight is 430 g/mol. The number of nitrogens with one attached hydrogen (secondary N) is 1. The number of nitro groups is 1. The molecule has 31 heavy (non-hydrogen) atoms. The third kappa shape index (κ3) is 5.76. The zero-order valence-electron chi connectivity index (χ0n) is 17.0. The molecule has 1 aliphatic rings. The average Bonchev–Trinajstić information content (AvgIpc) is 2.74. The Morgan fingerprint density at radius 3 is 2.55 bits per heavy atom. The van der Waals surface area contributed by atoms with Crippen molar-refractivity contribution < 1.29 is 23.6 Å². The fourth-order valence-corrected chi connectivity index (χ4v) is 3.33. The summed E-state index contributed by atoms with van der Waals surface area (Å²) in [5.41, 5.74) is 0.351. The monoisotopic (exact) mass is 430 g/mol. The van der Waals surface area contributed by atoms with E-state index in [4.69, 9.17) is 4.74 Å². The predicted octanol–water partition coefficient (Wildman–Crippen LogP) is 2.53. The SMILES string of the molecule is CCOc1ccc(C(=O)N2CCN(CC(=O)Nc3cccc(F)c3)CC2)cc1[N+](=O)[O-]. The van der Waals surface area contributed by atoms with E-state index in [2.05, 4.69) is 5.32 Å². The van der Waals surface area contributed by atoms with E-state index in [1.165, 1.54) is 36.4 Å². The van der Waals surface area contributed by atoms with E-state index in [0.717, 1.165) is 0 Å². The van der Waals surface area contributed by atoms with Gasteiger partial charge >= 0.3 is 5.69 Å². The van der Waals surface area contributed by atoms with Gasteiger partial charge in [-0.05, 0) is 37.3 Å². The van der Waals surface area contributed by atoms with Gasteiger partial charge in [-0.3, -0.25) is 24.6 Å². The fraction of sp³-hybridized carbons (Fsp3) is 0.333. The highest BCUT2D eigenvalue weighted by Gasteiger charge is 2.25. The molecule has 1 saturated heterocycles. The molecule has 0 bridgehead atoms. The zero-order chi connectivity index (χ0) is 22.4. The number of nitro benzene ring substituents is 1. The van der Waals surface area contributed by atoms with Crippen LogP contribution in [0, 0.1) is 15.9 Å². The summed E-state index contributed by atoms with van der Waals surface area (Å²) < 4.78 is 18.5. The van der Waals surface area contributed by atoms with Crippen molar-refractivity contribution in [2.24, 2.45) is 0 Å². The molecule has 2 aromatic carbocycles. The molecular weight excluding hydrogens is 407 g/mol. The summed E-state index contributed by atoms with van der Waals surface area (Å²) in [6.07, 6.45) is 0. The Kier molecular flexibility index (Phi) is 7.14. The molecule has 0 saturated carbocycles. The molecule has 2 amide bonds. The predicted molar refractivity (Wildman–Crippen MR) is 112 cm³/mol. The Hall–Kier alpha value is -3.53. The smallest absolute Gasteiger partial charge is 0.311 e. The summed E-state index contributed by atoms with van der Waals surface area (Å²) in [5.74, 6) is -0.889. The van der Waals surface area contributed by atoms with Crippen molar-refractivity contribution in [1.29, 1.82) is 0 Å². The number of amides is 2. The van der Waals surface area contributed by atoms with Crippen molar-refractivity contribution in [2.45, 2.75) is 6.92 Å². The van der Waals surface area contributed by atoms with Crippen LogP contribution in [0.1, 0.15) is 17.3 Å². The molecule has 1 fully saturated rings. The molecule has 1 heterocycles. The second-order valence-electron chi connectivity index (χ2n) is 7.00. The van der Waals surface area contributed by atoms with Gasteiger partial charge in [0, 0.05) is 43.5 Å². The van der Waals surface area contributed by atoms with Gasteiger partial charge < -0.3 is 15.0 Å². The topological polar surface area (TPSA) is 105 Å². The van der Waals surface area contributed by atoms with Gasteiger partial charge in [-0.2, -0.15) is 0 Å². The van der Waals surface area contributed by atoms with Crippen LogP contribution in [0.25, 0.3) is 0 Å².